The Balaban J connectivity index is 2.15. The van der Waals surface area contributed by atoms with Crippen molar-refractivity contribution in [1.82, 2.24) is 5.32 Å². The average molecular weight is 322 g/mol. The van der Waals surface area contributed by atoms with Gasteiger partial charge in [0.2, 0.25) is 10.9 Å². The molecule has 0 aromatic carbocycles. The van der Waals surface area contributed by atoms with Crippen molar-refractivity contribution in [3.8, 4) is 0 Å². The highest BCUT2D eigenvalue weighted by molar-refractivity contribution is 8.05. The van der Waals surface area contributed by atoms with Gasteiger partial charge in [-0.2, -0.15) is 23.0 Å². The second kappa shape index (κ2) is 5.53. The Morgan fingerprint density at radius 3 is 2.81 bits per heavy atom. The molecular weight excluding hydrogens is 311 g/mol. The van der Waals surface area contributed by atoms with Crippen LogP contribution in [0.1, 0.15) is 6.92 Å². The van der Waals surface area contributed by atoms with E-state index in [-0.39, 0.29) is 12.4 Å². The Bertz CT molecular complexity index is 571. The number of carbonyl (C=O) groups excluding carboxylic acids is 2. The van der Waals surface area contributed by atoms with Crippen LogP contribution < -0.4 is 5.32 Å². The Morgan fingerprint density at radius 1 is 1.48 bits per heavy atom. The van der Waals surface area contributed by atoms with Crippen LogP contribution in [0.4, 0.5) is 18.0 Å². The number of ether oxygens (including phenoxy) is 1. The summed E-state index contributed by atoms with van der Waals surface area (Å²) in [6, 6.07) is 0. The van der Waals surface area contributed by atoms with E-state index in [1.807, 2.05) is 0 Å². The minimum atomic E-state index is -4.99. The van der Waals surface area contributed by atoms with Crippen LogP contribution in [0.2, 0.25) is 0 Å². The summed E-state index contributed by atoms with van der Waals surface area (Å²) in [7, 11) is 0. The lowest BCUT2D eigenvalue weighted by molar-refractivity contribution is -0.653. The summed E-state index contributed by atoms with van der Waals surface area (Å²) in [5.74, 6) is -2.04. The highest BCUT2D eigenvalue weighted by Gasteiger charge is 2.53. The molecule has 0 saturated carbocycles. The number of fused-ring (bicyclic) bond motifs is 1. The van der Waals surface area contributed by atoms with Crippen LogP contribution in [0.3, 0.4) is 0 Å². The zero-order valence-electron chi connectivity index (χ0n) is 10.8. The maximum atomic E-state index is 12.2. The number of hydrogen-bond acceptors (Lipinski definition) is 5. The van der Waals surface area contributed by atoms with Gasteiger partial charge in [-0.15, -0.1) is 4.48 Å². The van der Waals surface area contributed by atoms with Gasteiger partial charge in [0.15, 0.2) is 0 Å². The number of amides is 2. The number of quaternary nitrogens is 1. The van der Waals surface area contributed by atoms with E-state index >= 15 is 0 Å². The van der Waals surface area contributed by atoms with Crippen molar-refractivity contribution in [2.24, 2.45) is 4.99 Å². The zero-order valence-corrected chi connectivity index (χ0v) is 11.6. The van der Waals surface area contributed by atoms with Crippen molar-refractivity contribution in [2.75, 3.05) is 13.2 Å². The molecule has 1 unspecified atom stereocenters. The van der Waals surface area contributed by atoms with E-state index in [0.717, 1.165) is 0 Å². The second-order valence-electron chi connectivity index (χ2n) is 4.02. The fourth-order valence-corrected chi connectivity index (χ4v) is 2.72. The van der Waals surface area contributed by atoms with Crippen LogP contribution in [-0.4, -0.2) is 41.6 Å². The van der Waals surface area contributed by atoms with Gasteiger partial charge < -0.3 is 10.1 Å². The standard InChI is InChI=1S/C11H10F3N3O3S/c1-2-20-10(19)17-3-4-21-8(17)6-15-7(17)5-16-9(18)11(12,13)14/h3-4,6H,2,5H2,1H3/p+1. The zero-order chi connectivity index (χ0) is 15.7. The van der Waals surface area contributed by atoms with Gasteiger partial charge in [-0.1, -0.05) is 0 Å². The van der Waals surface area contributed by atoms with Gasteiger partial charge in [0.25, 0.3) is 0 Å². The number of rotatable bonds is 3. The summed E-state index contributed by atoms with van der Waals surface area (Å²) in [5, 5.41) is 3.81. The molecule has 1 atom stereocenters. The molecule has 2 amide bonds. The third-order valence-electron chi connectivity index (χ3n) is 2.77. The van der Waals surface area contributed by atoms with Crippen LogP contribution >= 0.6 is 11.8 Å². The molecule has 2 aliphatic rings. The first kappa shape index (κ1) is 15.6. The molecule has 0 spiro atoms. The monoisotopic (exact) mass is 322 g/mol. The summed E-state index contributed by atoms with van der Waals surface area (Å²) < 4.78 is 41.0. The normalized spacial score (nSPS) is 23.4. The summed E-state index contributed by atoms with van der Waals surface area (Å²) in [6.07, 6.45) is -2.83. The molecule has 0 bridgehead atoms. The van der Waals surface area contributed by atoms with Gasteiger partial charge in [-0.3, -0.25) is 4.79 Å². The Morgan fingerprint density at radius 2 is 2.19 bits per heavy atom. The molecule has 0 aromatic heterocycles. The van der Waals surface area contributed by atoms with E-state index in [4.69, 9.17) is 4.74 Å². The maximum absolute atomic E-state index is 12.2. The first-order valence-electron chi connectivity index (χ1n) is 5.85. The summed E-state index contributed by atoms with van der Waals surface area (Å²) in [5.41, 5.74) is 0. The van der Waals surface area contributed by atoms with E-state index in [2.05, 4.69) is 4.99 Å². The third-order valence-corrected chi connectivity index (χ3v) is 3.67. The summed E-state index contributed by atoms with van der Waals surface area (Å²) >= 11 is 1.21. The topological polar surface area (TPSA) is 67.8 Å². The largest absolute Gasteiger partial charge is 0.532 e. The predicted octanol–water partition coefficient (Wildman–Crippen LogP) is 2.07. The van der Waals surface area contributed by atoms with Crippen LogP contribution in [0.25, 0.3) is 0 Å². The number of thioether (sulfide) groups is 1. The van der Waals surface area contributed by atoms with Crippen LogP contribution in [0.15, 0.2) is 27.8 Å². The molecule has 0 fully saturated rings. The van der Waals surface area contributed by atoms with Crippen molar-refractivity contribution in [3.05, 3.63) is 22.8 Å². The molecule has 10 heteroatoms. The molecular formula is C11H11F3N3O3S+. The van der Waals surface area contributed by atoms with Gasteiger partial charge in [0, 0.05) is 5.41 Å². The highest BCUT2D eigenvalue weighted by Crippen LogP contribution is 2.41. The fourth-order valence-electron chi connectivity index (χ4n) is 1.81. The number of hydrogen-bond donors (Lipinski definition) is 1. The number of carbonyl (C=O) groups is 2. The van der Waals surface area contributed by atoms with Gasteiger partial charge in [-0.25, -0.2) is 0 Å². The molecule has 0 aliphatic carbocycles. The van der Waals surface area contributed by atoms with Crippen LogP contribution in [0, 0.1) is 0 Å². The van der Waals surface area contributed by atoms with Crippen LogP contribution in [0.5, 0.6) is 0 Å². The maximum Gasteiger partial charge on any atom is 0.532 e. The van der Waals surface area contributed by atoms with Gasteiger partial charge >= 0.3 is 18.2 Å². The first-order chi connectivity index (χ1) is 9.82. The van der Waals surface area contributed by atoms with E-state index in [9.17, 15) is 22.8 Å². The summed E-state index contributed by atoms with van der Waals surface area (Å²) in [4.78, 5) is 26.9. The molecule has 6 nitrogen and oxygen atoms in total. The Hall–Kier alpha value is -1.81. The van der Waals surface area contributed by atoms with Crippen molar-refractivity contribution >= 4 is 29.6 Å². The van der Waals surface area contributed by atoms with Gasteiger partial charge in [-0.05, 0) is 18.7 Å². The molecule has 114 valence electrons. The minimum Gasteiger partial charge on any atom is -0.419 e. The minimum absolute atomic E-state index is 0.0438. The van der Waals surface area contributed by atoms with Crippen molar-refractivity contribution in [2.45, 2.75) is 13.1 Å². The quantitative estimate of drug-likeness (QED) is 0.808. The van der Waals surface area contributed by atoms with Crippen molar-refractivity contribution < 1.29 is 32.0 Å². The highest BCUT2D eigenvalue weighted by atomic mass is 32.2. The number of nitrogens with zero attached hydrogens (tertiary/aromatic N) is 2. The number of amidine groups is 1. The molecule has 21 heavy (non-hydrogen) atoms. The molecule has 0 aromatic rings. The lowest BCUT2D eigenvalue weighted by Crippen LogP contribution is -2.53. The third kappa shape index (κ3) is 2.68. The van der Waals surface area contributed by atoms with Crippen LogP contribution in [-0.2, 0) is 9.53 Å². The number of nitrogens with one attached hydrogen (secondary N) is 1. The van der Waals surface area contributed by atoms with E-state index in [1.165, 1.54) is 24.2 Å². The average Bonchev–Trinajstić information content (AvgIpc) is 2.94. The molecule has 1 N–H and O–H groups in total. The first-order valence-corrected chi connectivity index (χ1v) is 6.73. The Kier molecular flexibility index (Phi) is 4.10. The SMILES string of the molecule is CCOC(=O)[N+]12C=CSC1=CN=C2CNC(=O)C(F)(F)F. The van der Waals surface area contributed by atoms with Gasteiger partial charge in [0.1, 0.15) is 18.9 Å². The molecule has 2 aliphatic heterocycles. The summed E-state index contributed by atoms with van der Waals surface area (Å²) in [6.45, 7) is 1.22. The second-order valence-corrected chi connectivity index (χ2v) is 4.94. The number of aliphatic imine (C=N–C) groups is 1. The Labute approximate surface area is 121 Å². The van der Waals surface area contributed by atoms with Crippen molar-refractivity contribution in [1.29, 1.82) is 0 Å². The number of alkyl halides is 3. The molecule has 2 rings (SSSR count). The van der Waals surface area contributed by atoms with Crippen molar-refractivity contribution in [3.63, 3.8) is 0 Å². The smallest absolute Gasteiger partial charge is 0.419 e. The van der Waals surface area contributed by atoms with E-state index in [1.54, 1.807) is 17.6 Å². The van der Waals surface area contributed by atoms with E-state index < -0.39 is 29.2 Å². The number of halogens is 3. The fraction of sp³-hybridized carbons (Fsp3) is 0.364. The lowest BCUT2D eigenvalue weighted by atomic mass is 10.4. The molecule has 0 saturated heterocycles. The van der Waals surface area contributed by atoms with E-state index in [0.29, 0.717) is 5.03 Å². The predicted molar refractivity (Wildman–Crippen MR) is 68.6 cm³/mol. The lowest BCUT2D eigenvalue weighted by Gasteiger charge is -2.24. The molecule has 0 radical (unpaired) electrons. The molecule has 2 heterocycles. The van der Waals surface area contributed by atoms with Gasteiger partial charge in [0.05, 0.1) is 6.61 Å².